The molecule has 29 heavy (non-hydrogen) atoms. The van der Waals surface area contributed by atoms with Crippen LogP contribution in [0.15, 0.2) is 59.4 Å². The molecule has 0 saturated carbocycles. The highest BCUT2D eigenvalue weighted by Gasteiger charge is 2.23. The molecule has 0 spiro atoms. The Hall–Kier alpha value is -3.88. The van der Waals surface area contributed by atoms with Gasteiger partial charge in [0.15, 0.2) is 0 Å². The van der Waals surface area contributed by atoms with Gasteiger partial charge in [-0.2, -0.15) is 5.10 Å². The van der Waals surface area contributed by atoms with Gasteiger partial charge in [-0.3, -0.25) is 19.7 Å². The minimum atomic E-state index is -1.04. The molecule has 0 bridgehead atoms. The number of para-hydroxylation sites is 1. The molecule has 1 N–H and O–H groups in total. The average Bonchev–Trinajstić information content (AvgIpc) is 2.69. The van der Waals surface area contributed by atoms with Crippen LogP contribution in [0.2, 0.25) is 0 Å². The molecule has 1 heterocycles. The zero-order chi connectivity index (χ0) is 21.1. The number of nitrogens with one attached hydrogen (secondary N) is 1. The Bertz CT molecular complexity index is 1140. The van der Waals surface area contributed by atoms with Crippen LogP contribution >= 0.6 is 0 Å². The lowest BCUT2D eigenvalue weighted by molar-refractivity contribution is -0.384. The van der Waals surface area contributed by atoms with Crippen LogP contribution in [0.25, 0.3) is 11.3 Å². The van der Waals surface area contributed by atoms with Crippen molar-refractivity contribution >= 4 is 17.3 Å². The van der Waals surface area contributed by atoms with Crippen LogP contribution in [0.1, 0.15) is 18.5 Å². The number of aryl methyl sites for hydroxylation is 1. The van der Waals surface area contributed by atoms with E-state index in [0.717, 1.165) is 4.68 Å². The van der Waals surface area contributed by atoms with E-state index in [9.17, 15) is 24.1 Å². The smallest absolute Gasteiger partial charge is 0.293 e. The second-order valence-electron chi connectivity index (χ2n) is 6.40. The number of nitrogens with zero attached hydrogens (tertiary/aromatic N) is 3. The number of aromatic nitrogens is 2. The van der Waals surface area contributed by atoms with Crippen molar-refractivity contribution in [1.82, 2.24) is 9.78 Å². The lowest BCUT2D eigenvalue weighted by Crippen LogP contribution is -2.33. The predicted octanol–water partition coefficient (Wildman–Crippen LogP) is 3.47. The van der Waals surface area contributed by atoms with Crippen molar-refractivity contribution in [2.75, 3.05) is 5.32 Å². The zero-order valence-corrected chi connectivity index (χ0v) is 15.6. The minimum absolute atomic E-state index is 0.0667. The van der Waals surface area contributed by atoms with E-state index in [1.54, 1.807) is 13.0 Å². The maximum absolute atomic E-state index is 13.1. The second kappa shape index (κ2) is 8.01. The Balaban J connectivity index is 1.93. The fourth-order valence-corrected chi connectivity index (χ4v) is 2.78. The van der Waals surface area contributed by atoms with Gasteiger partial charge >= 0.3 is 0 Å². The molecule has 0 aliphatic heterocycles. The monoisotopic (exact) mass is 396 g/mol. The molecule has 0 fully saturated rings. The Morgan fingerprint density at radius 1 is 1.17 bits per heavy atom. The number of rotatable bonds is 5. The highest BCUT2D eigenvalue weighted by molar-refractivity contribution is 5.96. The molecule has 9 heteroatoms. The summed E-state index contributed by atoms with van der Waals surface area (Å²) in [5.41, 5.74) is 0.773. The summed E-state index contributed by atoms with van der Waals surface area (Å²) in [5, 5.41) is 18.0. The topological polar surface area (TPSA) is 107 Å². The van der Waals surface area contributed by atoms with Gasteiger partial charge in [-0.15, -0.1) is 0 Å². The third-order valence-electron chi connectivity index (χ3n) is 4.41. The SMILES string of the molecule is Cc1cccc([N+](=O)[O-])c1NC(=O)C(C)n1nc(-c2ccc(F)cc2)ccc1=O. The first-order valence-electron chi connectivity index (χ1n) is 8.68. The lowest BCUT2D eigenvalue weighted by atomic mass is 10.1. The summed E-state index contributed by atoms with van der Waals surface area (Å²) in [6, 6.07) is 11.7. The molecular formula is C20H17FN4O4. The molecule has 8 nitrogen and oxygen atoms in total. The Morgan fingerprint density at radius 2 is 1.86 bits per heavy atom. The fourth-order valence-electron chi connectivity index (χ4n) is 2.78. The number of hydrogen-bond donors (Lipinski definition) is 1. The number of anilines is 1. The van der Waals surface area contributed by atoms with Crippen LogP contribution in [0.4, 0.5) is 15.8 Å². The maximum atomic E-state index is 13.1. The van der Waals surface area contributed by atoms with Crippen LogP contribution < -0.4 is 10.9 Å². The molecule has 148 valence electrons. The van der Waals surface area contributed by atoms with E-state index in [1.165, 1.54) is 55.5 Å². The van der Waals surface area contributed by atoms with Crippen LogP contribution in [-0.4, -0.2) is 20.6 Å². The molecule has 1 aromatic heterocycles. The van der Waals surface area contributed by atoms with Crippen molar-refractivity contribution in [3.63, 3.8) is 0 Å². The third-order valence-corrected chi connectivity index (χ3v) is 4.41. The summed E-state index contributed by atoms with van der Waals surface area (Å²) in [4.78, 5) is 35.6. The Kier molecular flexibility index (Phi) is 5.49. The van der Waals surface area contributed by atoms with Crippen molar-refractivity contribution in [3.05, 3.63) is 86.4 Å². The van der Waals surface area contributed by atoms with Gasteiger partial charge in [0, 0.05) is 17.7 Å². The normalized spacial score (nSPS) is 11.7. The molecule has 1 unspecified atom stereocenters. The van der Waals surface area contributed by atoms with Crippen LogP contribution in [-0.2, 0) is 4.79 Å². The first-order valence-corrected chi connectivity index (χ1v) is 8.68. The van der Waals surface area contributed by atoms with Gasteiger partial charge in [-0.25, -0.2) is 9.07 Å². The van der Waals surface area contributed by atoms with Crippen LogP contribution in [0, 0.1) is 22.9 Å². The number of carbonyl (C=O) groups is 1. The molecule has 0 aliphatic rings. The summed E-state index contributed by atoms with van der Waals surface area (Å²) in [6.45, 7) is 3.09. The molecule has 0 radical (unpaired) electrons. The first-order chi connectivity index (χ1) is 13.8. The molecule has 3 rings (SSSR count). The molecule has 2 aromatic carbocycles. The van der Waals surface area contributed by atoms with Crippen molar-refractivity contribution in [2.45, 2.75) is 19.9 Å². The van der Waals surface area contributed by atoms with E-state index >= 15 is 0 Å². The van der Waals surface area contributed by atoms with Gasteiger partial charge in [0.05, 0.1) is 10.6 Å². The molecule has 1 amide bonds. The van der Waals surface area contributed by atoms with E-state index < -0.39 is 28.2 Å². The molecule has 1 atom stereocenters. The number of benzene rings is 2. The summed E-state index contributed by atoms with van der Waals surface area (Å²) in [7, 11) is 0. The predicted molar refractivity (Wildman–Crippen MR) is 105 cm³/mol. The number of halogens is 1. The van der Waals surface area contributed by atoms with E-state index in [2.05, 4.69) is 10.4 Å². The van der Waals surface area contributed by atoms with Gasteiger partial charge in [0.2, 0.25) is 5.91 Å². The van der Waals surface area contributed by atoms with Crippen molar-refractivity contribution in [3.8, 4) is 11.3 Å². The van der Waals surface area contributed by atoms with Gasteiger partial charge in [0.25, 0.3) is 11.2 Å². The number of nitro benzene ring substituents is 1. The third kappa shape index (κ3) is 4.18. The molecule has 3 aromatic rings. The second-order valence-corrected chi connectivity index (χ2v) is 6.40. The van der Waals surface area contributed by atoms with Crippen LogP contribution in [0.5, 0.6) is 0 Å². The van der Waals surface area contributed by atoms with E-state index in [4.69, 9.17) is 0 Å². The van der Waals surface area contributed by atoms with E-state index in [0.29, 0.717) is 16.8 Å². The summed E-state index contributed by atoms with van der Waals surface area (Å²) in [5.74, 6) is -1.04. The summed E-state index contributed by atoms with van der Waals surface area (Å²) < 4.78 is 14.1. The highest BCUT2D eigenvalue weighted by Crippen LogP contribution is 2.28. The van der Waals surface area contributed by atoms with Crippen molar-refractivity contribution in [1.29, 1.82) is 0 Å². The maximum Gasteiger partial charge on any atom is 0.293 e. The average molecular weight is 396 g/mol. The molecule has 0 aliphatic carbocycles. The fraction of sp³-hybridized carbons (Fsp3) is 0.150. The van der Waals surface area contributed by atoms with E-state index in [1.807, 2.05) is 0 Å². The highest BCUT2D eigenvalue weighted by atomic mass is 19.1. The standard InChI is InChI=1S/C20H17FN4O4/c1-12-4-3-5-17(25(28)29)19(12)22-20(27)13(2)24-18(26)11-10-16(23-24)14-6-8-15(21)9-7-14/h3-11,13H,1-2H3,(H,22,27). The number of nitro groups is 1. The molecule has 0 saturated heterocycles. The quantitative estimate of drug-likeness (QED) is 0.525. The van der Waals surface area contributed by atoms with Gasteiger partial charge in [-0.05, 0) is 49.7 Å². The first kappa shape index (κ1) is 19.9. The summed E-state index contributed by atoms with van der Waals surface area (Å²) in [6.07, 6.45) is 0. The van der Waals surface area contributed by atoms with Crippen molar-refractivity contribution in [2.24, 2.45) is 0 Å². The largest absolute Gasteiger partial charge is 0.318 e. The Labute approximate surface area is 164 Å². The number of hydrogen-bond acceptors (Lipinski definition) is 5. The zero-order valence-electron chi connectivity index (χ0n) is 15.6. The minimum Gasteiger partial charge on any atom is -0.318 e. The molecular weight excluding hydrogens is 379 g/mol. The summed E-state index contributed by atoms with van der Waals surface area (Å²) >= 11 is 0. The van der Waals surface area contributed by atoms with Gasteiger partial charge in [-0.1, -0.05) is 12.1 Å². The van der Waals surface area contributed by atoms with E-state index in [-0.39, 0.29) is 11.4 Å². The van der Waals surface area contributed by atoms with Crippen LogP contribution in [0.3, 0.4) is 0 Å². The van der Waals surface area contributed by atoms with Gasteiger partial charge in [0.1, 0.15) is 17.5 Å². The Morgan fingerprint density at radius 3 is 2.52 bits per heavy atom. The van der Waals surface area contributed by atoms with Gasteiger partial charge < -0.3 is 5.32 Å². The number of carbonyl (C=O) groups excluding carboxylic acids is 1. The number of amides is 1. The van der Waals surface area contributed by atoms with Crippen molar-refractivity contribution < 1.29 is 14.1 Å². The lowest BCUT2D eigenvalue weighted by Gasteiger charge is -2.16.